The fourth-order valence-corrected chi connectivity index (χ4v) is 4.19. The largest absolute Gasteiger partial charge is 0.465 e. The first-order valence-corrected chi connectivity index (χ1v) is 9.07. The second-order valence-electron chi connectivity index (χ2n) is 4.71. The fraction of sp³-hybridized carbons (Fsp3) is 0.133. The molecule has 24 heavy (non-hydrogen) atoms. The number of benzene rings is 2. The zero-order valence-corrected chi connectivity index (χ0v) is 15.7. The summed E-state index contributed by atoms with van der Waals surface area (Å²) in [6.45, 7) is 0. The maximum Gasteiger partial charge on any atom is 0.337 e. The second kappa shape index (κ2) is 7.19. The topological polar surface area (TPSA) is 63.7 Å². The first kappa shape index (κ1) is 18.9. The Hall–Kier alpha value is -1.47. The monoisotopic (exact) mass is 407 g/mol. The molecule has 0 bridgehead atoms. The van der Waals surface area contributed by atoms with Gasteiger partial charge in [0.25, 0.3) is 10.0 Å². The normalized spacial score (nSPS) is 11.2. The lowest BCUT2D eigenvalue weighted by Gasteiger charge is -2.22. The molecule has 128 valence electrons. The van der Waals surface area contributed by atoms with Gasteiger partial charge in [0.1, 0.15) is 4.90 Å². The standard InChI is InChI=1S/C15H12Cl3NO4S/c1-19(13-7-9(15(20)23-2)3-5-11(13)17)24(21,22)14-8-10(16)4-6-12(14)18/h3-8H,1-2H3. The predicted molar refractivity (Wildman–Crippen MR) is 94.8 cm³/mol. The molecule has 9 heteroatoms. The van der Waals surface area contributed by atoms with Crippen LogP contribution in [-0.2, 0) is 14.8 Å². The molecule has 0 radical (unpaired) electrons. The third kappa shape index (κ3) is 3.62. The lowest BCUT2D eigenvalue weighted by Crippen LogP contribution is -2.27. The van der Waals surface area contributed by atoms with Crippen LogP contribution in [0.5, 0.6) is 0 Å². The number of ether oxygens (including phenoxy) is 1. The van der Waals surface area contributed by atoms with Crippen LogP contribution >= 0.6 is 34.8 Å². The number of hydrogen-bond donors (Lipinski definition) is 0. The van der Waals surface area contributed by atoms with Crippen LogP contribution < -0.4 is 4.31 Å². The van der Waals surface area contributed by atoms with Crippen LogP contribution in [-0.4, -0.2) is 28.5 Å². The maximum absolute atomic E-state index is 12.8. The summed E-state index contributed by atoms with van der Waals surface area (Å²) in [5.41, 5.74) is 0.270. The maximum atomic E-state index is 12.8. The number of rotatable bonds is 4. The first-order chi connectivity index (χ1) is 11.2. The molecule has 0 N–H and O–H groups in total. The Morgan fingerprint density at radius 2 is 1.67 bits per heavy atom. The molecule has 0 saturated heterocycles. The third-order valence-corrected chi connectivity index (χ3v) is 6.05. The highest BCUT2D eigenvalue weighted by Gasteiger charge is 2.26. The summed E-state index contributed by atoms with van der Waals surface area (Å²) in [6.07, 6.45) is 0. The van der Waals surface area contributed by atoms with Crippen LogP contribution in [0, 0.1) is 0 Å². The molecule has 0 unspecified atom stereocenters. The molecule has 5 nitrogen and oxygen atoms in total. The number of nitrogens with zero attached hydrogens (tertiary/aromatic N) is 1. The van der Waals surface area contributed by atoms with Gasteiger partial charge in [-0.05, 0) is 36.4 Å². The number of hydrogen-bond acceptors (Lipinski definition) is 4. The molecule has 0 aromatic heterocycles. The van der Waals surface area contributed by atoms with Gasteiger partial charge in [-0.15, -0.1) is 0 Å². The number of carbonyl (C=O) groups is 1. The van der Waals surface area contributed by atoms with Gasteiger partial charge in [0, 0.05) is 12.1 Å². The number of methoxy groups -OCH3 is 1. The lowest BCUT2D eigenvalue weighted by atomic mass is 10.2. The van der Waals surface area contributed by atoms with E-state index in [2.05, 4.69) is 4.74 Å². The van der Waals surface area contributed by atoms with E-state index >= 15 is 0 Å². The van der Waals surface area contributed by atoms with Gasteiger partial charge in [0.05, 0.1) is 28.4 Å². The van der Waals surface area contributed by atoms with Gasteiger partial charge in [-0.3, -0.25) is 4.31 Å². The zero-order chi connectivity index (χ0) is 18.1. The molecule has 0 spiro atoms. The first-order valence-electron chi connectivity index (χ1n) is 6.50. The average molecular weight is 409 g/mol. The minimum absolute atomic E-state index is 0.0199. The molecule has 0 atom stereocenters. The van der Waals surface area contributed by atoms with E-state index in [9.17, 15) is 13.2 Å². The van der Waals surface area contributed by atoms with Crippen molar-refractivity contribution in [3.63, 3.8) is 0 Å². The van der Waals surface area contributed by atoms with Gasteiger partial charge >= 0.3 is 5.97 Å². The average Bonchev–Trinajstić information content (AvgIpc) is 2.56. The lowest BCUT2D eigenvalue weighted by molar-refractivity contribution is 0.0601. The van der Waals surface area contributed by atoms with E-state index in [4.69, 9.17) is 34.8 Å². The van der Waals surface area contributed by atoms with E-state index in [1.165, 1.54) is 50.6 Å². The van der Waals surface area contributed by atoms with Crippen LogP contribution in [0.2, 0.25) is 15.1 Å². The highest BCUT2D eigenvalue weighted by Crippen LogP contribution is 2.33. The number of anilines is 1. The molecule has 2 aromatic rings. The SMILES string of the molecule is COC(=O)c1ccc(Cl)c(N(C)S(=O)(=O)c2cc(Cl)ccc2Cl)c1. The van der Waals surface area contributed by atoms with Crippen molar-refractivity contribution in [2.24, 2.45) is 0 Å². The van der Waals surface area contributed by atoms with Gasteiger partial charge in [-0.25, -0.2) is 13.2 Å². The molecule has 0 aliphatic rings. The van der Waals surface area contributed by atoms with Gasteiger partial charge in [0.15, 0.2) is 0 Å². The van der Waals surface area contributed by atoms with Gasteiger partial charge in [-0.1, -0.05) is 34.8 Å². The summed E-state index contributed by atoms with van der Waals surface area (Å²) >= 11 is 17.9. The van der Waals surface area contributed by atoms with Crippen molar-refractivity contribution in [1.29, 1.82) is 0 Å². The van der Waals surface area contributed by atoms with Crippen molar-refractivity contribution < 1.29 is 17.9 Å². The van der Waals surface area contributed by atoms with E-state index < -0.39 is 16.0 Å². The van der Waals surface area contributed by atoms with Crippen LogP contribution in [0.25, 0.3) is 0 Å². The smallest absolute Gasteiger partial charge is 0.337 e. The summed E-state index contributed by atoms with van der Waals surface area (Å²) in [5, 5.41) is 0.388. The van der Waals surface area contributed by atoms with Crippen molar-refractivity contribution in [3.8, 4) is 0 Å². The Balaban J connectivity index is 2.56. The molecule has 0 heterocycles. The van der Waals surface area contributed by atoms with Crippen LogP contribution in [0.15, 0.2) is 41.3 Å². The summed E-state index contributed by atoms with van der Waals surface area (Å²) in [5.74, 6) is -0.612. The minimum atomic E-state index is -4.04. The zero-order valence-electron chi connectivity index (χ0n) is 12.6. The van der Waals surface area contributed by atoms with Crippen LogP contribution in [0.3, 0.4) is 0 Å². The summed E-state index contributed by atoms with van der Waals surface area (Å²) in [7, 11) is -1.51. The van der Waals surface area contributed by atoms with Crippen molar-refractivity contribution >= 4 is 56.5 Å². The molecular weight excluding hydrogens is 397 g/mol. The second-order valence-corrected chi connectivity index (χ2v) is 7.89. The molecule has 2 rings (SSSR count). The Bertz CT molecular complexity index is 900. The molecule has 0 saturated carbocycles. The van der Waals surface area contributed by atoms with E-state index in [1.807, 2.05) is 0 Å². The van der Waals surface area contributed by atoms with Gasteiger partial charge < -0.3 is 4.74 Å². The molecule has 0 amide bonds. The fourth-order valence-electron chi connectivity index (χ4n) is 1.95. The van der Waals surface area contributed by atoms with Crippen molar-refractivity contribution in [2.45, 2.75) is 4.90 Å². The highest BCUT2D eigenvalue weighted by molar-refractivity contribution is 7.93. The molecule has 0 aliphatic carbocycles. The summed E-state index contributed by atoms with van der Waals surface area (Å²) < 4.78 is 31.2. The van der Waals surface area contributed by atoms with Gasteiger partial charge in [-0.2, -0.15) is 0 Å². The Morgan fingerprint density at radius 1 is 1.04 bits per heavy atom. The predicted octanol–water partition coefficient (Wildman–Crippen LogP) is 4.26. The van der Waals surface area contributed by atoms with Crippen molar-refractivity contribution in [1.82, 2.24) is 0 Å². The van der Waals surface area contributed by atoms with Crippen LogP contribution in [0.1, 0.15) is 10.4 Å². The quantitative estimate of drug-likeness (QED) is 0.709. The summed E-state index contributed by atoms with van der Waals surface area (Å²) in [4.78, 5) is 11.5. The molecule has 2 aromatic carbocycles. The number of halogens is 3. The van der Waals surface area contributed by atoms with Gasteiger partial charge in [0.2, 0.25) is 0 Å². The Kier molecular flexibility index (Phi) is 5.65. The molecular formula is C15H12Cl3NO4S. The Labute approximate surface area is 154 Å². The third-order valence-electron chi connectivity index (χ3n) is 3.24. The highest BCUT2D eigenvalue weighted by atomic mass is 35.5. The van der Waals surface area contributed by atoms with E-state index in [1.54, 1.807) is 0 Å². The van der Waals surface area contributed by atoms with E-state index in [0.29, 0.717) is 0 Å². The minimum Gasteiger partial charge on any atom is -0.465 e. The molecule has 0 fully saturated rings. The number of sulfonamides is 1. The van der Waals surface area contributed by atoms with Crippen molar-refractivity contribution in [3.05, 3.63) is 57.0 Å². The van der Waals surface area contributed by atoms with E-state index in [0.717, 1.165) is 4.31 Å². The molecule has 0 aliphatic heterocycles. The number of esters is 1. The summed E-state index contributed by atoms with van der Waals surface area (Å²) in [6, 6.07) is 8.28. The number of carbonyl (C=O) groups excluding carboxylic acids is 1. The Morgan fingerprint density at radius 3 is 2.29 bits per heavy atom. The van der Waals surface area contributed by atoms with E-state index in [-0.39, 0.29) is 31.2 Å². The van der Waals surface area contributed by atoms with Crippen molar-refractivity contribution in [2.75, 3.05) is 18.5 Å². The van der Waals surface area contributed by atoms with Crippen LogP contribution in [0.4, 0.5) is 5.69 Å².